The molecule has 136 valence electrons. The maximum Gasteiger partial charge on any atom is 0.407 e. The first-order valence-electron chi connectivity index (χ1n) is 8.36. The summed E-state index contributed by atoms with van der Waals surface area (Å²) in [5, 5.41) is 24.0. The van der Waals surface area contributed by atoms with E-state index in [0.717, 1.165) is 16.6 Å². The van der Waals surface area contributed by atoms with E-state index in [9.17, 15) is 15.0 Å². The van der Waals surface area contributed by atoms with Crippen LogP contribution in [0.2, 0.25) is 0 Å². The highest BCUT2D eigenvalue weighted by atomic mass is 16.6. The zero-order valence-electron chi connectivity index (χ0n) is 15.1. The van der Waals surface area contributed by atoms with Crippen molar-refractivity contribution < 1.29 is 19.7 Å². The summed E-state index contributed by atoms with van der Waals surface area (Å²) in [6.45, 7) is 7.47. The first-order valence-corrected chi connectivity index (χ1v) is 8.36. The van der Waals surface area contributed by atoms with E-state index in [1.54, 1.807) is 26.8 Å². The number of nitrogens with one attached hydrogen (secondary N) is 1. The molecule has 0 aliphatic rings. The number of fused-ring (bicyclic) bond motifs is 1. The molecule has 0 saturated heterocycles. The van der Waals surface area contributed by atoms with Crippen molar-refractivity contribution in [1.82, 2.24) is 10.3 Å². The summed E-state index contributed by atoms with van der Waals surface area (Å²) in [5.74, 6) is 0. The number of aryl methyl sites for hydroxylation is 1. The number of ether oxygens (including phenoxy) is 1. The summed E-state index contributed by atoms with van der Waals surface area (Å²) >= 11 is 0. The minimum atomic E-state index is -1.04. The number of hydrogen-bond donors (Lipinski definition) is 3. The van der Waals surface area contributed by atoms with Crippen molar-refractivity contribution in [2.45, 2.75) is 51.9 Å². The number of alkyl carbamates (subject to hydrolysis) is 1. The molecule has 6 nitrogen and oxygen atoms in total. The van der Waals surface area contributed by atoms with Crippen LogP contribution in [0, 0.1) is 6.92 Å². The van der Waals surface area contributed by atoms with Crippen LogP contribution in [0.3, 0.4) is 0 Å². The molecule has 1 aromatic heterocycles. The summed E-state index contributed by atoms with van der Waals surface area (Å²) in [4.78, 5) is 16.0. The van der Waals surface area contributed by atoms with Crippen molar-refractivity contribution in [2.24, 2.45) is 0 Å². The molecule has 2 rings (SSSR count). The van der Waals surface area contributed by atoms with Crippen molar-refractivity contribution in [3.8, 4) is 0 Å². The number of aliphatic hydroxyl groups is 2. The second kappa shape index (κ2) is 7.80. The fourth-order valence-electron chi connectivity index (χ4n) is 2.45. The summed E-state index contributed by atoms with van der Waals surface area (Å²) in [6, 6.07) is 9.23. The normalized spacial score (nSPS) is 14.2. The first kappa shape index (κ1) is 19.1. The predicted molar refractivity (Wildman–Crippen MR) is 96.3 cm³/mol. The Labute approximate surface area is 147 Å². The van der Waals surface area contributed by atoms with Gasteiger partial charge in [0.15, 0.2) is 0 Å². The number of rotatable bonds is 5. The van der Waals surface area contributed by atoms with Gasteiger partial charge in [-0.3, -0.25) is 4.98 Å². The van der Waals surface area contributed by atoms with Crippen molar-refractivity contribution in [2.75, 3.05) is 6.54 Å². The van der Waals surface area contributed by atoms with Gasteiger partial charge in [-0.2, -0.15) is 0 Å². The minimum absolute atomic E-state index is 0.210. The van der Waals surface area contributed by atoms with Gasteiger partial charge < -0.3 is 20.3 Å². The van der Waals surface area contributed by atoms with Crippen LogP contribution in [0.15, 0.2) is 30.3 Å². The molecular formula is C19H26N2O4. The number of pyridine rings is 1. The SMILES string of the molecule is Cc1ccc2cc(C(O)C(O)CCNC(=O)OC(C)(C)C)ccc2n1. The molecule has 2 unspecified atom stereocenters. The van der Waals surface area contributed by atoms with Crippen LogP contribution in [0.5, 0.6) is 0 Å². The average molecular weight is 346 g/mol. The molecule has 6 heteroatoms. The van der Waals surface area contributed by atoms with Crippen molar-refractivity contribution in [1.29, 1.82) is 0 Å². The van der Waals surface area contributed by atoms with Gasteiger partial charge in [0.05, 0.1) is 11.6 Å². The van der Waals surface area contributed by atoms with Crippen LogP contribution in [0.25, 0.3) is 10.9 Å². The van der Waals surface area contributed by atoms with E-state index in [1.807, 2.05) is 31.2 Å². The number of carbonyl (C=O) groups is 1. The quantitative estimate of drug-likeness (QED) is 0.774. The molecule has 0 saturated carbocycles. The highest BCUT2D eigenvalue weighted by Gasteiger charge is 2.20. The van der Waals surface area contributed by atoms with Gasteiger partial charge in [0.2, 0.25) is 0 Å². The van der Waals surface area contributed by atoms with E-state index in [0.29, 0.717) is 5.56 Å². The Hall–Kier alpha value is -2.18. The van der Waals surface area contributed by atoms with E-state index in [1.165, 1.54) is 0 Å². The highest BCUT2D eigenvalue weighted by molar-refractivity contribution is 5.79. The molecular weight excluding hydrogens is 320 g/mol. The second-order valence-corrected chi connectivity index (χ2v) is 7.13. The fraction of sp³-hybridized carbons (Fsp3) is 0.474. The van der Waals surface area contributed by atoms with E-state index < -0.39 is 23.9 Å². The monoisotopic (exact) mass is 346 g/mol. The van der Waals surface area contributed by atoms with Gasteiger partial charge in [0.1, 0.15) is 11.7 Å². The Balaban J connectivity index is 1.92. The van der Waals surface area contributed by atoms with Gasteiger partial charge in [0, 0.05) is 17.6 Å². The molecule has 1 heterocycles. The van der Waals surface area contributed by atoms with Gasteiger partial charge >= 0.3 is 6.09 Å². The Morgan fingerprint density at radius 2 is 1.96 bits per heavy atom. The Kier molecular flexibility index (Phi) is 5.98. The lowest BCUT2D eigenvalue weighted by molar-refractivity contribution is 0.0124. The van der Waals surface area contributed by atoms with Crippen molar-refractivity contribution >= 4 is 17.0 Å². The van der Waals surface area contributed by atoms with Gasteiger partial charge in [-0.1, -0.05) is 12.1 Å². The fourth-order valence-corrected chi connectivity index (χ4v) is 2.45. The molecule has 1 amide bonds. The number of carbonyl (C=O) groups excluding carboxylic acids is 1. The van der Waals surface area contributed by atoms with Gasteiger partial charge in [0.25, 0.3) is 0 Å². The van der Waals surface area contributed by atoms with Crippen LogP contribution in [-0.2, 0) is 4.74 Å². The van der Waals surface area contributed by atoms with Crippen LogP contribution < -0.4 is 5.32 Å². The molecule has 0 spiro atoms. The second-order valence-electron chi connectivity index (χ2n) is 7.13. The number of aromatic nitrogens is 1. The molecule has 0 aliphatic heterocycles. The number of nitrogens with zero attached hydrogens (tertiary/aromatic N) is 1. The summed E-state index contributed by atoms with van der Waals surface area (Å²) in [6.07, 6.45) is -2.36. The van der Waals surface area contributed by atoms with Crippen LogP contribution in [0.4, 0.5) is 4.79 Å². The number of aliphatic hydroxyl groups excluding tert-OH is 2. The third kappa shape index (κ3) is 5.69. The average Bonchev–Trinajstić information content (AvgIpc) is 2.51. The standard InChI is InChI=1S/C19H26N2O4/c1-12-5-6-13-11-14(7-8-15(13)21-12)17(23)16(22)9-10-20-18(24)25-19(2,3)4/h5-8,11,16-17,22-23H,9-10H2,1-4H3,(H,20,24). The number of benzene rings is 1. The van der Waals surface area contributed by atoms with Gasteiger partial charge in [-0.15, -0.1) is 0 Å². The first-order chi connectivity index (χ1) is 11.7. The smallest absolute Gasteiger partial charge is 0.407 e. The molecule has 0 aliphatic carbocycles. The maximum atomic E-state index is 11.6. The molecule has 25 heavy (non-hydrogen) atoms. The molecule has 2 aromatic rings. The molecule has 1 aromatic carbocycles. The third-order valence-corrected chi connectivity index (χ3v) is 3.67. The Bertz CT molecular complexity index is 740. The predicted octanol–water partition coefficient (Wildman–Crippen LogP) is 2.85. The molecule has 3 N–H and O–H groups in total. The summed E-state index contributed by atoms with van der Waals surface area (Å²) in [5.41, 5.74) is 1.81. The van der Waals surface area contributed by atoms with E-state index in [4.69, 9.17) is 4.74 Å². The van der Waals surface area contributed by atoms with Crippen LogP contribution >= 0.6 is 0 Å². The van der Waals surface area contributed by atoms with E-state index in [-0.39, 0.29) is 13.0 Å². The zero-order valence-corrected chi connectivity index (χ0v) is 15.1. The van der Waals surface area contributed by atoms with E-state index in [2.05, 4.69) is 10.3 Å². The topological polar surface area (TPSA) is 91.7 Å². The molecule has 2 atom stereocenters. The highest BCUT2D eigenvalue weighted by Crippen LogP contribution is 2.23. The number of hydrogen-bond acceptors (Lipinski definition) is 5. The van der Waals surface area contributed by atoms with E-state index >= 15 is 0 Å². The third-order valence-electron chi connectivity index (χ3n) is 3.67. The van der Waals surface area contributed by atoms with Crippen LogP contribution in [-0.4, -0.2) is 39.5 Å². The lowest BCUT2D eigenvalue weighted by Gasteiger charge is -2.21. The van der Waals surface area contributed by atoms with Crippen molar-refractivity contribution in [3.63, 3.8) is 0 Å². The lowest BCUT2D eigenvalue weighted by Crippen LogP contribution is -2.34. The minimum Gasteiger partial charge on any atom is -0.444 e. The van der Waals surface area contributed by atoms with Crippen molar-refractivity contribution in [3.05, 3.63) is 41.6 Å². The van der Waals surface area contributed by atoms with Crippen LogP contribution in [0.1, 0.15) is 44.6 Å². The largest absolute Gasteiger partial charge is 0.444 e. The summed E-state index contributed by atoms with van der Waals surface area (Å²) in [7, 11) is 0. The maximum absolute atomic E-state index is 11.6. The summed E-state index contributed by atoms with van der Waals surface area (Å²) < 4.78 is 5.12. The van der Waals surface area contributed by atoms with Gasteiger partial charge in [-0.25, -0.2) is 4.79 Å². The molecule has 0 radical (unpaired) electrons. The molecule has 0 bridgehead atoms. The lowest BCUT2D eigenvalue weighted by atomic mass is 10.00. The number of amides is 1. The molecule has 0 fully saturated rings. The zero-order chi connectivity index (χ0) is 18.6. The Morgan fingerprint density at radius 1 is 1.24 bits per heavy atom. The Morgan fingerprint density at radius 3 is 2.64 bits per heavy atom. The van der Waals surface area contributed by atoms with Gasteiger partial charge in [-0.05, 0) is 57.9 Å².